The van der Waals surface area contributed by atoms with Gasteiger partial charge < -0.3 is 5.73 Å². The summed E-state index contributed by atoms with van der Waals surface area (Å²) < 4.78 is 14.9. The van der Waals surface area contributed by atoms with Crippen LogP contribution < -0.4 is 11.3 Å². The van der Waals surface area contributed by atoms with Gasteiger partial charge in [0.15, 0.2) is 0 Å². The first-order valence-electron chi connectivity index (χ1n) is 5.18. The highest BCUT2D eigenvalue weighted by Gasteiger charge is 2.05. The molecule has 1 aromatic heterocycles. The molecule has 17 heavy (non-hydrogen) atoms. The van der Waals surface area contributed by atoms with E-state index in [9.17, 15) is 9.18 Å². The molecule has 0 atom stereocenters. The molecule has 88 valence electrons. The van der Waals surface area contributed by atoms with Gasteiger partial charge in [0.25, 0.3) is 5.56 Å². The summed E-state index contributed by atoms with van der Waals surface area (Å²) in [5.74, 6) is -0.349. The molecule has 4 nitrogen and oxygen atoms in total. The van der Waals surface area contributed by atoms with Gasteiger partial charge in [0.2, 0.25) is 0 Å². The topological polar surface area (TPSA) is 60.9 Å². The normalized spacial score (nSPS) is 10.5. The van der Waals surface area contributed by atoms with Crippen LogP contribution in [0.5, 0.6) is 0 Å². The Bertz CT molecular complexity index is 580. The van der Waals surface area contributed by atoms with Crippen molar-refractivity contribution in [1.82, 2.24) is 9.55 Å². The van der Waals surface area contributed by atoms with E-state index in [4.69, 9.17) is 5.73 Å². The second-order valence-electron chi connectivity index (χ2n) is 3.68. The highest BCUT2D eigenvalue weighted by atomic mass is 19.1. The number of benzene rings is 1. The van der Waals surface area contributed by atoms with E-state index in [0.717, 1.165) is 5.56 Å². The van der Waals surface area contributed by atoms with Crippen molar-refractivity contribution in [3.05, 3.63) is 64.1 Å². The largest absolute Gasteiger partial charge is 0.326 e. The van der Waals surface area contributed by atoms with Crippen LogP contribution in [0.2, 0.25) is 0 Å². The van der Waals surface area contributed by atoms with Crippen molar-refractivity contribution in [1.29, 1.82) is 0 Å². The predicted molar refractivity (Wildman–Crippen MR) is 61.9 cm³/mol. The van der Waals surface area contributed by atoms with Crippen LogP contribution in [-0.2, 0) is 13.1 Å². The lowest BCUT2D eigenvalue weighted by molar-refractivity contribution is 0.593. The Hall–Kier alpha value is -2.01. The van der Waals surface area contributed by atoms with E-state index in [0.29, 0.717) is 12.1 Å². The molecule has 0 aliphatic heterocycles. The maximum atomic E-state index is 13.5. The van der Waals surface area contributed by atoms with E-state index in [1.165, 1.54) is 29.2 Å². The second kappa shape index (κ2) is 4.88. The summed E-state index contributed by atoms with van der Waals surface area (Å²) in [6, 6.07) is 5.99. The summed E-state index contributed by atoms with van der Waals surface area (Å²) in [5.41, 5.74) is 6.54. The summed E-state index contributed by atoms with van der Waals surface area (Å²) in [5, 5.41) is 0. The summed E-state index contributed by atoms with van der Waals surface area (Å²) in [6.07, 6.45) is 2.79. The molecule has 0 bridgehead atoms. The molecule has 0 amide bonds. The fourth-order valence-corrected chi connectivity index (χ4v) is 1.56. The van der Waals surface area contributed by atoms with Crippen LogP contribution in [0.4, 0.5) is 4.39 Å². The minimum atomic E-state index is -0.349. The van der Waals surface area contributed by atoms with Gasteiger partial charge >= 0.3 is 0 Å². The zero-order chi connectivity index (χ0) is 12.3. The van der Waals surface area contributed by atoms with Gasteiger partial charge in [-0.3, -0.25) is 9.36 Å². The molecule has 0 saturated heterocycles. The standard InChI is InChI=1S/C12H12FN3O/c13-11-2-1-9(6-14)5-10(11)7-16-8-15-4-3-12(16)17/h1-5,8H,6-7,14H2. The van der Waals surface area contributed by atoms with Crippen molar-refractivity contribution in [3.8, 4) is 0 Å². The smallest absolute Gasteiger partial charge is 0.253 e. The molecule has 0 aliphatic rings. The molecule has 0 radical (unpaired) electrons. The van der Waals surface area contributed by atoms with E-state index in [2.05, 4.69) is 4.98 Å². The van der Waals surface area contributed by atoms with Crippen molar-refractivity contribution in [2.24, 2.45) is 5.73 Å². The van der Waals surface area contributed by atoms with Gasteiger partial charge in [0.1, 0.15) is 5.82 Å². The Kier molecular flexibility index (Phi) is 3.30. The number of halogens is 1. The van der Waals surface area contributed by atoms with Gasteiger partial charge in [-0.15, -0.1) is 0 Å². The van der Waals surface area contributed by atoms with Crippen LogP contribution in [0.25, 0.3) is 0 Å². The molecular formula is C12H12FN3O. The number of aromatic nitrogens is 2. The molecule has 1 heterocycles. The van der Waals surface area contributed by atoms with Crippen molar-refractivity contribution < 1.29 is 4.39 Å². The number of hydrogen-bond donors (Lipinski definition) is 1. The second-order valence-corrected chi connectivity index (χ2v) is 3.68. The molecule has 0 unspecified atom stereocenters. The monoisotopic (exact) mass is 233 g/mol. The lowest BCUT2D eigenvalue weighted by Gasteiger charge is -2.07. The van der Waals surface area contributed by atoms with Gasteiger partial charge in [-0.05, 0) is 17.7 Å². The Labute approximate surface area is 97.5 Å². The van der Waals surface area contributed by atoms with E-state index in [1.54, 1.807) is 12.1 Å². The first-order valence-corrected chi connectivity index (χ1v) is 5.18. The molecule has 2 aromatic rings. The third-order valence-electron chi connectivity index (χ3n) is 2.48. The Morgan fingerprint density at radius 3 is 2.88 bits per heavy atom. The summed E-state index contributed by atoms with van der Waals surface area (Å²) in [6.45, 7) is 0.502. The number of hydrogen-bond acceptors (Lipinski definition) is 3. The van der Waals surface area contributed by atoms with Crippen LogP contribution in [0.3, 0.4) is 0 Å². The molecule has 0 spiro atoms. The van der Waals surface area contributed by atoms with Gasteiger partial charge in [-0.1, -0.05) is 6.07 Å². The van der Waals surface area contributed by atoms with E-state index >= 15 is 0 Å². The predicted octanol–water partition coefficient (Wildman–Crippen LogP) is 0.889. The summed E-state index contributed by atoms with van der Waals surface area (Å²) in [7, 11) is 0. The lowest BCUT2D eigenvalue weighted by atomic mass is 10.1. The van der Waals surface area contributed by atoms with Crippen molar-refractivity contribution in [3.63, 3.8) is 0 Å². The molecular weight excluding hydrogens is 221 g/mol. The number of rotatable bonds is 3. The summed E-state index contributed by atoms with van der Waals surface area (Å²) in [4.78, 5) is 15.3. The quantitative estimate of drug-likeness (QED) is 0.856. The Balaban J connectivity index is 2.36. The van der Waals surface area contributed by atoms with Crippen LogP contribution in [0.1, 0.15) is 11.1 Å². The van der Waals surface area contributed by atoms with Crippen LogP contribution in [-0.4, -0.2) is 9.55 Å². The minimum Gasteiger partial charge on any atom is -0.326 e. The highest BCUT2D eigenvalue weighted by Crippen LogP contribution is 2.11. The SMILES string of the molecule is NCc1ccc(F)c(Cn2cnccc2=O)c1. The Morgan fingerprint density at radius 2 is 2.18 bits per heavy atom. The van der Waals surface area contributed by atoms with Crippen molar-refractivity contribution >= 4 is 0 Å². The van der Waals surface area contributed by atoms with Crippen molar-refractivity contribution in [2.75, 3.05) is 0 Å². The van der Waals surface area contributed by atoms with Crippen LogP contribution >= 0.6 is 0 Å². The molecule has 0 aliphatic carbocycles. The molecule has 2 N–H and O–H groups in total. The molecule has 0 fully saturated rings. The summed E-state index contributed by atoms with van der Waals surface area (Å²) >= 11 is 0. The number of nitrogens with zero attached hydrogens (tertiary/aromatic N) is 2. The zero-order valence-electron chi connectivity index (χ0n) is 9.14. The Morgan fingerprint density at radius 1 is 1.35 bits per heavy atom. The molecule has 2 rings (SSSR count). The van der Waals surface area contributed by atoms with Crippen molar-refractivity contribution in [2.45, 2.75) is 13.1 Å². The molecule has 5 heteroatoms. The third kappa shape index (κ3) is 2.57. The zero-order valence-corrected chi connectivity index (χ0v) is 9.14. The fraction of sp³-hybridized carbons (Fsp3) is 0.167. The maximum absolute atomic E-state index is 13.5. The van der Waals surface area contributed by atoms with Gasteiger partial charge in [0, 0.05) is 24.4 Å². The van der Waals surface area contributed by atoms with Gasteiger partial charge in [-0.2, -0.15) is 0 Å². The van der Waals surface area contributed by atoms with E-state index in [1.807, 2.05) is 0 Å². The fourth-order valence-electron chi connectivity index (χ4n) is 1.56. The van der Waals surface area contributed by atoms with Gasteiger partial charge in [0.05, 0.1) is 12.9 Å². The molecule has 1 aromatic carbocycles. The van der Waals surface area contributed by atoms with Crippen LogP contribution in [0, 0.1) is 5.82 Å². The van der Waals surface area contributed by atoms with E-state index < -0.39 is 0 Å². The average molecular weight is 233 g/mol. The minimum absolute atomic E-state index is 0.159. The average Bonchev–Trinajstić information content (AvgIpc) is 2.35. The molecule has 0 saturated carbocycles. The van der Waals surface area contributed by atoms with E-state index in [-0.39, 0.29) is 17.9 Å². The first-order chi connectivity index (χ1) is 8.20. The van der Waals surface area contributed by atoms with Crippen LogP contribution in [0.15, 0.2) is 41.6 Å². The maximum Gasteiger partial charge on any atom is 0.253 e. The lowest BCUT2D eigenvalue weighted by Crippen LogP contribution is -2.20. The number of nitrogens with two attached hydrogens (primary N) is 1. The third-order valence-corrected chi connectivity index (χ3v) is 2.48. The van der Waals surface area contributed by atoms with Gasteiger partial charge in [-0.25, -0.2) is 9.37 Å². The first kappa shape index (κ1) is 11.5. The highest BCUT2D eigenvalue weighted by molar-refractivity contribution is 5.25.